The van der Waals surface area contributed by atoms with Crippen LogP contribution in [0.3, 0.4) is 0 Å². The molecule has 0 unspecified atom stereocenters. The van der Waals surface area contributed by atoms with Crippen LogP contribution in [-0.2, 0) is 22.6 Å². The maximum Gasteiger partial charge on any atom is 0.355 e. The molecular formula is C23H31NO3Si. The van der Waals surface area contributed by atoms with Crippen LogP contribution in [-0.4, -0.2) is 31.8 Å². The van der Waals surface area contributed by atoms with E-state index in [0.29, 0.717) is 19.0 Å². The van der Waals surface area contributed by atoms with Crippen LogP contribution in [0.25, 0.3) is 11.6 Å². The van der Waals surface area contributed by atoms with Gasteiger partial charge < -0.3 is 14.0 Å². The molecule has 5 heteroatoms. The van der Waals surface area contributed by atoms with E-state index in [4.69, 9.17) is 9.47 Å². The van der Waals surface area contributed by atoms with E-state index in [9.17, 15) is 4.79 Å². The minimum atomic E-state index is -1.15. The first-order chi connectivity index (χ1) is 13.4. The van der Waals surface area contributed by atoms with Crippen molar-refractivity contribution >= 4 is 25.7 Å². The van der Waals surface area contributed by atoms with Crippen LogP contribution in [0, 0.1) is 0 Å². The van der Waals surface area contributed by atoms with Crippen molar-refractivity contribution in [2.75, 3.05) is 13.2 Å². The average molecular weight is 398 g/mol. The monoisotopic (exact) mass is 397 g/mol. The van der Waals surface area contributed by atoms with E-state index >= 15 is 0 Å². The Morgan fingerprint density at radius 1 is 1.18 bits per heavy atom. The van der Waals surface area contributed by atoms with Gasteiger partial charge in [0.15, 0.2) is 0 Å². The van der Waals surface area contributed by atoms with Crippen LogP contribution in [0.1, 0.15) is 40.7 Å². The predicted octanol–water partition coefficient (Wildman–Crippen LogP) is 5.46. The van der Waals surface area contributed by atoms with Crippen molar-refractivity contribution in [3.63, 3.8) is 0 Å². The molecule has 1 aromatic heterocycles. The summed E-state index contributed by atoms with van der Waals surface area (Å²) < 4.78 is 13.3. The summed E-state index contributed by atoms with van der Waals surface area (Å²) in [5, 5.41) is 0. The Balaban J connectivity index is 1.89. The Morgan fingerprint density at radius 3 is 2.61 bits per heavy atom. The van der Waals surface area contributed by atoms with Gasteiger partial charge >= 0.3 is 5.97 Å². The number of nitrogens with zero attached hydrogens (tertiary/aromatic N) is 1. The summed E-state index contributed by atoms with van der Waals surface area (Å²) >= 11 is 0. The van der Waals surface area contributed by atoms with Crippen LogP contribution < -0.4 is 0 Å². The van der Waals surface area contributed by atoms with Crippen molar-refractivity contribution in [3.8, 4) is 0 Å². The zero-order chi connectivity index (χ0) is 20.1. The molecule has 1 aromatic carbocycles. The van der Waals surface area contributed by atoms with Crippen LogP contribution in [0.15, 0.2) is 36.4 Å². The van der Waals surface area contributed by atoms with Crippen LogP contribution in [0.2, 0.25) is 25.7 Å². The maximum atomic E-state index is 12.5. The van der Waals surface area contributed by atoms with E-state index < -0.39 is 8.07 Å². The first-order valence-electron chi connectivity index (χ1n) is 10.1. The number of fused-ring (bicyclic) bond motifs is 1. The summed E-state index contributed by atoms with van der Waals surface area (Å²) in [4.78, 5) is 12.5. The van der Waals surface area contributed by atoms with Crippen molar-refractivity contribution < 1.29 is 14.3 Å². The molecule has 3 rings (SSSR count). The molecule has 2 aromatic rings. The smallest absolute Gasteiger partial charge is 0.355 e. The number of aryl methyl sites for hydroxylation is 1. The normalized spacial score (nSPS) is 15.1. The standard InChI is InChI=1S/C23H31NO3Si/c1-5-27-23(25)21-16-20-12-11-19(15-18-9-7-6-8-10-18)22(20)24(21)17-26-13-14-28(2,3)4/h6-10,15-16H,5,11-14,17H2,1-4H3/b19-15+. The Labute approximate surface area is 169 Å². The minimum Gasteiger partial charge on any atom is -0.461 e. The first kappa shape index (κ1) is 20.6. The molecule has 0 fully saturated rings. The van der Waals surface area contributed by atoms with Gasteiger partial charge in [-0.15, -0.1) is 0 Å². The number of rotatable bonds is 8. The fourth-order valence-corrected chi connectivity index (χ4v) is 4.25. The Morgan fingerprint density at radius 2 is 1.93 bits per heavy atom. The van der Waals surface area contributed by atoms with Crippen molar-refractivity contribution in [3.05, 3.63) is 58.9 Å². The largest absolute Gasteiger partial charge is 0.461 e. The molecule has 0 spiro atoms. The highest BCUT2D eigenvalue weighted by atomic mass is 28.3. The van der Waals surface area contributed by atoms with E-state index in [-0.39, 0.29) is 5.97 Å². The average Bonchev–Trinajstić information content (AvgIpc) is 3.19. The van der Waals surface area contributed by atoms with E-state index in [1.54, 1.807) is 0 Å². The fourth-order valence-electron chi connectivity index (χ4n) is 3.50. The van der Waals surface area contributed by atoms with Crippen molar-refractivity contribution in [1.29, 1.82) is 0 Å². The van der Waals surface area contributed by atoms with Gasteiger partial charge in [0, 0.05) is 14.7 Å². The third kappa shape index (κ3) is 5.03. The number of allylic oxidation sites excluding steroid dienone is 1. The molecule has 0 bridgehead atoms. The van der Waals surface area contributed by atoms with Gasteiger partial charge in [0.2, 0.25) is 0 Å². The quantitative estimate of drug-likeness (QED) is 0.337. The SMILES string of the molecule is CCOC(=O)c1cc2c(n1COCC[Si](C)(C)C)/C(=C/c1ccccc1)CC2. The first-order valence-corrected chi connectivity index (χ1v) is 13.8. The fraction of sp³-hybridized carbons (Fsp3) is 0.435. The Kier molecular flexibility index (Phi) is 6.57. The minimum absolute atomic E-state index is 0.273. The summed E-state index contributed by atoms with van der Waals surface area (Å²) in [5.74, 6) is -0.273. The summed E-state index contributed by atoms with van der Waals surface area (Å²) in [7, 11) is -1.15. The number of hydrogen-bond donors (Lipinski definition) is 0. The number of carbonyl (C=O) groups excluding carboxylic acids is 1. The molecule has 0 saturated heterocycles. The van der Waals surface area contributed by atoms with Gasteiger partial charge in [0.25, 0.3) is 0 Å². The van der Waals surface area contributed by atoms with Crippen LogP contribution >= 0.6 is 0 Å². The van der Waals surface area contributed by atoms with Crippen molar-refractivity contribution in [2.45, 2.75) is 52.2 Å². The molecule has 4 nitrogen and oxygen atoms in total. The van der Waals surface area contributed by atoms with Crippen LogP contribution in [0.5, 0.6) is 0 Å². The summed E-state index contributed by atoms with van der Waals surface area (Å²) in [5.41, 5.74) is 5.36. The van der Waals surface area contributed by atoms with E-state index in [2.05, 4.69) is 37.8 Å². The number of hydrogen-bond acceptors (Lipinski definition) is 3. The lowest BCUT2D eigenvalue weighted by Gasteiger charge is -2.17. The predicted molar refractivity (Wildman–Crippen MR) is 117 cm³/mol. The Hall–Kier alpha value is -2.11. The second-order valence-electron chi connectivity index (χ2n) is 8.48. The van der Waals surface area contributed by atoms with E-state index in [0.717, 1.165) is 31.2 Å². The third-order valence-electron chi connectivity index (χ3n) is 4.99. The Bertz CT molecular complexity index is 847. The molecule has 1 heterocycles. The number of ether oxygens (including phenoxy) is 2. The van der Waals surface area contributed by atoms with Gasteiger partial charge in [-0.3, -0.25) is 0 Å². The second-order valence-corrected chi connectivity index (χ2v) is 14.1. The highest BCUT2D eigenvalue weighted by molar-refractivity contribution is 6.76. The molecule has 28 heavy (non-hydrogen) atoms. The molecule has 0 N–H and O–H groups in total. The van der Waals surface area contributed by atoms with Crippen LogP contribution in [0.4, 0.5) is 0 Å². The summed E-state index contributed by atoms with van der Waals surface area (Å²) in [6, 6.07) is 13.4. The lowest BCUT2D eigenvalue weighted by Crippen LogP contribution is -2.22. The van der Waals surface area contributed by atoms with Gasteiger partial charge in [0.05, 0.1) is 12.3 Å². The molecule has 0 radical (unpaired) electrons. The molecule has 150 valence electrons. The number of benzene rings is 1. The lowest BCUT2D eigenvalue weighted by molar-refractivity contribution is 0.0472. The molecule has 0 saturated carbocycles. The van der Waals surface area contributed by atoms with Gasteiger partial charge in [-0.25, -0.2) is 4.79 Å². The number of esters is 1. The maximum absolute atomic E-state index is 12.5. The number of carbonyl (C=O) groups is 1. The third-order valence-corrected chi connectivity index (χ3v) is 6.69. The zero-order valence-corrected chi connectivity index (χ0v) is 18.5. The second kappa shape index (κ2) is 8.93. The van der Waals surface area contributed by atoms with Gasteiger partial charge in [-0.2, -0.15) is 0 Å². The zero-order valence-electron chi connectivity index (χ0n) is 17.5. The van der Waals surface area contributed by atoms with Gasteiger partial charge in [-0.1, -0.05) is 50.0 Å². The molecule has 0 atom stereocenters. The molecule has 0 amide bonds. The lowest BCUT2D eigenvalue weighted by atomic mass is 10.1. The topological polar surface area (TPSA) is 40.5 Å². The number of aromatic nitrogens is 1. The van der Waals surface area contributed by atoms with Crippen molar-refractivity contribution in [2.24, 2.45) is 0 Å². The van der Waals surface area contributed by atoms with Gasteiger partial charge in [-0.05, 0) is 54.7 Å². The highest BCUT2D eigenvalue weighted by Crippen LogP contribution is 2.36. The molecular weight excluding hydrogens is 366 g/mol. The molecule has 0 aliphatic heterocycles. The van der Waals surface area contributed by atoms with E-state index in [1.807, 2.05) is 35.8 Å². The van der Waals surface area contributed by atoms with Gasteiger partial charge in [0.1, 0.15) is 12.4 Å². The highest BCUT2D eigenvalue weighted by Gasteiger charge is 2.27. The van der Waals surface area contributed by atoms with E-state index in [1.165, 1.54) is 16.7 Å². The van der Waals surface area contributed by atoms with Crippen molar-refractivity contribution in [1.82, 2.24) is 4.57 Å². The summed E-state index contributed by atoms with van der Waals surface area (Å²) in [6.45, 7) is 10.3. The summed E-state index contributed by atoms with van der Waals surface area (Å²) in [6.07, 6.45) is 4.15. The molecule has 1 aliphatic carbocycles. The molecule has 1 aliphatic rings.